The van der Waals surface area contributed by atoms with Crippen LogP contribution >= 0.6 is 0 Å². The van der Waals surface area contributed by atoms with E-state index in [1.807, 2.05) is 0 Å². The Kier molecular flexibility index (Phi) is 14.5. The van der Waals surface area contributed by atoms with E-state index < -0.39 is 72.6 Å². The zero-order valence-electron chi connectivity index (χ0n) is 24.7. The Hall–Kier alpha value is -3.42. The van der Waals surface area contributed by atoms with Gasteiger partial charge in [0.1, 0.15) is 30.3 Å². The van der Waals surface area contributed by atoms with E-state index in [1.165, 1.54) is 4.90 Å². The topological polar surface area (TPSA) is 217 Å². The van der Waals surface area contributed by atoms with Gasteiger partial charge in [0.05, 0.1) is 6.61 Å². The number of nitrogens with zero attached hydrogens (tertiary/aromatic N) is 1. The van der Waals surface area contributed by atoms with Crippen molar-refractivity contribution in [3.63, 3.8) is 0 Å². The molecule has 3 atom stereocenters. The van der Waals surface area contributed by atoms with Crippen LogP contribution in [0, 0.1) is 5.92 Å². The van der Waals surface area contributed by atoms with Crippen LogP contribution in [0.3, 0.4) is 0 Å². The van der Waals surface area contributed by atoms with E-state index in [0.717, 1.165) is 19.3 Å². The van der Waals surface area contributed by atoms with Crippen LogP contribution in [0.4, 0.5) is 4.79 Å². The van der Waals surface area contributed by atoms with Crippen molar-refractivity contribution in [1.82, 2.24) is 20.9 Å². The van der Waals surface area contributed by atoms with Gasteiger partial charge in [-0.2, -0.15) is 0 Å². The van der Waals surface area contributed by atoms with Crippen LogP contribution in [0.25, 0.3) is 0 Å². The van der Waals surface area contributed by atoms with Crippen molar-refractivity contribution in [2.45, 2.75) is 116 Å². The van der Waals surface area contributed by atoms with Gasteiger partial charge in [0.2, 0.25) is 23.6 Å². The highest BCUT2D eigenvalue weighted by atomic mass is 16.6. The SMILES string of the molecule is CC(C)C[C@H](NC(=O)[C@H](CO)NC(=O)[C@H](CCC(N)=O)NC(=O)CN(C(=O)OC(C)(C)C)C1CCCCC1)C(=O)O. The maximum Gasteiger partial charge on any atom is 0.411 e. The van der Waals surface area contributed by atoms with Crippen LogP contribution in [-0.4, -0.2) is 93.7 Å². The monoisotopic (exact) mass is 585 g/mol. The second-order valence-electron chi connectivity index (χ2n) is 11.8. The van der Waals surface area contributed by atoms with Gasteiger partial charge in [-0.25, -0.2) is 9.59 Å². The molecule has 0 saturated heterocycles. The smallest absolute Gasteiger partial charge is 0.411 e. The lowest BCUT2D eigenvalue weighted by Gasteiger charge is -2.35. The number of aliphatic carboxylic acids is 1. The van der Waals surface area contributed by atoms with E-state index in [2.05, 4.69) is 16.0 Å². The molecule has 1 saturated carbocycles. The number of nitrogens with two attached hydrogens (primary N) is 1. The molecular weight excluding hydrogens is 538 g/mol. The molecular formula is C27H47N5O9. The molecule has 0 aromatic carbocycles. The van der Waals surface area contributed by atoms with Crippen molar-refractivity contribution < 1.29 is 43.7 Å². The van der Waals surface area contributed by atoms with Crippen LogP contribution in [0.2, 0.25) is 0 Å². The van der Waals surface area contributed by atoms with E-state index in [-0.39, 0.29) is 31.2 Å². The molecule has 0 aromatic heterocycles. The molecule has 0 aliphatic heterocycles. The molecule has 1 aliphatic carbocycles. The fraction of sp³-hybridized carbons (Fsp3) is 0.778. The number of aliphatic hydroxyl groups is 1. The Labute approximate surface area is 241 Å². The number of carbonyl (C=O) groups is 6. The molecule has 0 unspecified atom stereocenters. The summed E-state index contributed by atoms with van der Waals surface area (Å²) in [6.07, 6.45) is 3.16. The highest BCUT2D eigenvalue weighted by Crippen LogP contribution is 2.24. The maximum atomic E-state index is 13.1. The molecule has 7 N–H and O–H groups in total. The number of nitrogens with one attached hydrogen (secondary N) is 3. The van der Waals surface area contributed by atoms with E-state index >= 15 is 0 Å². The van der Waals surface area contributed by atoms with Gasteiger partial charge in [-0.3, -0.25) is 24.1 Å². The summed E-state index contributed by atoms with van der Waals surface area (Å²) < 4.78 is 5.50. The first kappa shape index (κ1) is 35.6. The minimum absolute atomic E-state index is 0.0548. The van der Waals surface area contributed by atoms with Crippen LogP contribution in [-0.2, 0) is 28.7 Å². The quantitative estimate of drug-likeness (QED) is 0.156. The number of carboxylic acids is 1. The molecule has 41 heavy (non-hydrogen) atoms. The molecule has 0 bridgehead atoms. The van der Waals surface area contributed by atoms with Crippen LogP contribution < -0.4 is 21.7 Å². The van der Waals surface area contributed by atoms with Gasteiger partial charge in [-0.1, -0.05) is 33.1 Å². The Morgan fingerprint density at radius 1 is 0.927 bits per heavy atom. The van der Waals surface area contributed by atoms with Crippen molar-refractivity contribution in [3.05, 3.63) is 0 Å². The molecule has 0 heterocycles. The highest BCUT2D eigenvalue weighted by Gasteiger charge is 2.33. The Morgan fingerprint density at radius 2 is 1.49 bits per heavy atom. The molecule has 1 aliphatic rings. The number of hydrogen-bond acceptors (Lipinski definition) is 8. The summed E-state index contributed by atoms with van der Waals surface area (Å²) in [5.74, 6) is -4.58. The Balaban J connectivity index is 3.03. The fourth-order valence-corrected chi connectivity index (χ4v) is 4.44. The predicted molar refractivity (Wildman–Crippen MR) is 148 cm³/mol. The molecule has 1 rings (SSSR count). The number of carboxylic acid groups (broad SMARTS) is 1. The second-order valence-corrected chi connectivity index (χ2v) is 11.8. The maximum absolute atomic E-state index is 13.1. The number of aliphatic hydroxyl groups excluding tert-OH is 1. The van der Waals surface area contributed by atoms with Gasteiger partial charge in [-0.15, -0.1) is 0 Å². The average molecular weight is 586 g/mol. The van der Waals surface area contributed by atoms with E-state index in [9.17, 15) is 39.0 Å². The summed E-state index contributed by atoms with van der Waals surface area (Å²) in [5, 5.41) is 26.2. The van der Waals surface area contributed by atoms with Gasteiger partial charge in [0, 0.05) is 12.5 Å². The van der Waals surface area contributed by atoms with Crippen molar-refractivity contribution in [1.29, 1.82) is 0 Å². The minimum Gasteiger partial charge on any atom is -0.480 e. The van der Waals surface area contributed by atoms with Crippen LogP contribution in [0.15, 0.2) is 0 Å². The Bertz CT molecular complexity index is 929. The van der Waals surface area contributed by atoms with Gasteiger partial charge in [-0.05, 0) is 52.4 Å². The first-order chi connectivity index (χ1) is 19.0. The lowest BCUT2D eigenvalue weighted by molar-refractivity contribution is -0.143. The standard InChI is InChI=1S/C27H47N5O9/c1-16(2)13-19(25(38)39)30-24(37)20(15-33)31-23(36)18(11-12-21(28)34)29-22(35)14-32(17-9-7-6-8-10-17)26(40)41-27(3,4)5/h16-20,33H,6-15H2,1-5H3,(H2,28,34)(H,29,35)(H,30,37)(H,31,36)(H,38,39)/t18-,19-,20-/m0/s1. The summed E-state index contributed by atoms with van der Waals surface area (Å²) in [6, 6.07) is -4.32. The second kappa shape index (κ2) is 16.7. The normalized spacial score (nSPS) is 16.2. The van der Waals surface area contributed by atoms with E-state index in [0.29, 0.717) is 12.8 Å². The molecule has 0 spiro atoms. The van der Waals surface area contributed by atoms with Gasteiger partial charge >= 0.3 is 12.1 Å². The predicted octanol–water partition coefficient (Wildman–Crippen LogP) is 0.399. The first-order valence-electron chi connectivity index (χ1n) is 14.1. The third-order valence-corrected chi connectivity index (χ3v) is 6.43. The minimum atomic E-state index is -1.52. The molecule has 14 heteroatoms. The van der Waals surface area contributed by atoms with Gasteiger partial charge in [0.25, 0.3) is 0 Å². The van der Waals surface area contributed by atoms with Crippen molar-refractivity contribution in [3.8, 4) is 0 Å². The van der Waals surface area contributed by atoms with Crippen molar-refractivity contribution >= 4 is 35.7 Å². The molecule has 0 radical (unpaired) electrons. The number of ether oxygens (including phenoxy) is 1. The Morgan fingerprint density at radius 3 is 1.98 bits per heavy atom. The number of carbonyl (C=O) groups excluding carboxylic acids is 5. The summed E-state index contributed by atoms with van der Waals surface area (Å²) in [6.45, 7) is 7.43. The summed E-state index contributed by atoms with van der Waals surface area (Å²) in [4.78, 5) is 76.1. The van der Waals surface area contributed by atoms with Crippen LogP contribution in [0.5, 0.6) is 0 Å². The molecule has 234 valence electrons. The summed E-state index contributed by atoms with van der Waals surface area (Å²) in [7, 11) is 0. The van der Waals surface area contributed by atoms with E-state index in [4.69, 9.17) is 10.5 Å². The van der Waals surface area contributed by atoms with Gasteiger partial charge in [0.15, 0.2) is 0 Å². The zero-order chi connectivity index (χ0) is 31.3. The zero-order valence-corrected chi connectivity index (χ0v) is 24.7. The fourth-order valence-electron chi connectivity index (χ4n) is 4.44. The van der Waals surface area contributed by atoms with E-state index in [1.54, 1.807) is 34.6 Å². The first-order valence-corrected chi connectivity index (χ1v) is 14.1. The lowest BCUT2D eigenvalue weighted by Crippen LogP contribution is -2.58. The van der Waals surface area contributed by atoms with Gasteiger partial charge < -0.3 is 36.6 Å². The number of amides is 5. The third-order valence-electron chi connectivity index (χ3n) is 6.43. The average Bonchev–Trinajstić information content (AvgIpc) is 2.86. The number of rotatable bonds is 15. The molecule has 14 nitrogen and oxygen atoms in total. The molecule has 1 fully saturated rings. The molecule has 0 aromatic rings. The summed E-state index contributed by atoms with van der Waals surface area (Å²) in [5.41, 5.74) is 4.44. The summed E-state index contributed by atoms with van der Waals surface area (Å²) >= 11 is 0. The number of hydrogen-bond donors (Lipinski definition) is 6. The largest absolute Gasteiger partial charge is 0.480 e. The third kappa shape index (κ3) is 13.7. The van der Waals surface area contributed by atoms with Crippen molar-refractivity contribution in [2.75, 3.05) is 13.2 Å². The highest BCUT2D eigenvalue weighted by molar-refractivity contribution is 5.94. The lowest BCUT2D eigenvalue weighted by atomic mass is 9.94. The molecule has 5 amide bonds. The number of primary amides is 1. The van der Waals surface area contributed by atoms with Crippen molar-refractivity contribution in [2.24, 2.45) is 11.7 Å². The van der Waals surface area contributed by atoms with Crippen LogP contribution in [0.1, 0.15) is 86.0 Å².